The van der Waals surface area contributed by atoms with E-state index in [1.165, 1.54) is 0 Å². The summed E-state index contributed by atoms with van der Waals surface area (Å²) in [5.74, 6) is 0.808. The van der Waals surface area contributed by atoms with Crippen LogP contribution in [-0.4, -0.2) is 39.0 Å². The molecule has 0 bridgehead atoms. The Morgan fingerprint density at radius 1 is 1.35 bits per heavy atom. The lowest BCUT2D eigenvalue weighted by Crippen LogP contribution is -2.48. The first kappa shape index (κ1) is 13.2. The Morgan fingerprint density at radius 2 is 2.20 bits per heavy atom. The summed E-state index contributed by atoms with van der Waals surface area (Å²) in [6.45, 7) is 4.41. The third kappa shape index (κ3) is 2.86. The average Bonchev–Trinajstić information content (AvgIpc) is 2.95. The van der Waals surface area contributed by atoms with Gasteiger partial charge in [0.2, 0.25) is 0 Å². The van der Waals surface area contributed by atoms with Gasteiger partial charge in [0.15, 0.2) is 5.82 Å². The van der Waals surface area contributed by atoms with Gasteiger partial charge in [-0.1, -0.05) is 18.2 Å². The van der Waals surface area contributed by atoms with Crippen LogP contribution in [0.25, 0.3) is 5.69 Å². The molecule has 6 nitrogen and oxygen atoms in total. The van der Waals surface area contributed by atoms with Crippen LogP contribution in [0.1, 0.15) is 25.6 Å². The summed E-state index contributed by atoms with van der Waals surface area (Å²) < 4.78 is 7.31. The molecule has 1 aromatic carbocycles. The van der Waals surface area contributed by atoms with Crippen LogP contribution >= 0.6 is 0 Å². The lowest BCUT2D eigenvalue weighted by Gasteiger charge is -2.34. The molecule has 1 atom stereocenters. The predicted molar refractivity (Wildman–Crippen MR) is 74.5 cm³/mol. The molecule has 1 aromatic heterocycles. The number of hydrogen-bond donors (Lipinski definition) is 1. The first-order valence-corrected chi connectivity index (χ1v) is 6.92. The molecule has 2 heterocycles. The zero-order valence-electron chi connectivity index (χ0n) is 11.6. The number of benzene rings is 1. The Kier molecular flexibility index (Phi) is 3.75. The molecule has 0 radical (unpaired) electrons. The fourth-order valence-electron chi connectivity index (χ4n) is 2.45. The molecule has 0 aliphatic carbocycles. The summed E-state index contributed by atoms with van der Waals surface area (Å²) in [7, 11) is 0. The van der Waals surface area contributed by atoms with Gasteiger partial charge in [-0.2, -0.15) is 4.68 Å². The highest BCUT2D eigenvalue weighted by Crippen LogP contribution is 2.19. The molecule has 3 rings (SSSR count). The Hall–Kier alpha value is -1.79. The van der Waals surface area contributed by atoms with Gasteiger partial charge in [-0.05, 0) is 42.3 Å². The molecular weight excluding hydrogens is 254 g/mol. The fourth-order valence-corrected chi connectivity index (χ4v) is 2.45. The van der Waals surface area contributed by atoms with E-state index in [1.54, 1.807) is 4.68 Å². The van der Waals surface area contributed by atoms with Crippen LogP contribution in [-0.2, 0) is 11.3 Å². The van der Waals surface area contributed by atoms with Gasteiger partial charge in [-0.15, -0.1) is 5.10 Å². The van der Waals surface area contributed by atoms with E-state index >= 15 is 0 Å². The summed E-state index contributed by atoms with van der Waals surface area (Å²) in [6, 6.07) is 9.91. The highest BCUT2D eigenvalue weighted by Gasteiger charge is 2.27. The van der Waals surface area contributed by atoms with Crippen LogP contribution in [0.3, 0.4) is 0 Å². The van der Waals surface area contributed by atoms with Crippen LogP contribution in [0, 0.1) is 0 Å². The second kappa shape index (κ2) is 5.68. The van der Waals surface area contributed by atoms with E-state index in [-0.39, 0.29) is 5.54 Å². The van der Waals surface area contributed by atoms with Crippen molar-refractivity contribution in [2.24, 2.45) is 0 Å². The lowest BCUT2D eigenvalue weighted by molar-refractivity contribution is 0.0274. The minimum Gasteiger partial charge on any atom is -0.380 e. The number of para-hydroxylation sites is 1. The summed E-state index contributed by atoms with van der Waals surface area (Å²) in [5.41, 5.74) is 0.977. The normalized spacial score (nSPS) is 22.9. The Balaban J connectivity index is 1.71. The van der Waals surface area contributed by atoms with Crippen molar-refractivity contribution in [1.82, 2.24) is 25.5 Å². The van der Waals surface area contributed by atoms with E-state index in [2.05, 4.69) is 27.8 Å². The predicted octanol–water partition coefficient (Wildman–Crippen LogP) is 1.32. The van der Waals surface area contributed by atoms with Gasteiger partial charge < -0.3 is 10.1 Å². The van der Waals surface area contributed by atoms with Gasteiger partial charge in [-0.3, -0.25) is 0 Å². The highest BCUT2D eigenvalue weighted by molar-refractivity contribution is 5.30. The number of ether oxygens (including phenoxy) is 1. The maximum Gasteiger partial charge on any atom is 0.170 e. The van der Waals surface area contributed by atoms with Crippen molar-refractivity contribution in [3.63, 3.8) is 0 Å². The number of rotatable bonds is 4. The zero-order valence-corrected chi connectivity index (χ0v) is 11.6. The van der Waals surface area contributed by atoms with Crippen molar-refractivity contribution in [1.29, 1.82) is 0 Å². The molecule has 2 aromatic rings. The first-order chi connectivity index (χ1) is 9.77. The SMILES string of the molecule is CC1(NCc2nnnn2-c2ccccc2)CCCOC1. The highest BCUT2D eigenvalue weighted by atomic mass is 16.5. The third-order valence-electron chi connectivity index (χ3n) is 3.65. The third-order valence-corrected chi connectivity index (χ3v) is 3.65. The number of hydrogen-bond acceptors (Lipinski definition) is 5. The van der Waals surface area contributed by atoms with Crippen molar-refractivity contribution >= 4 is 0 Å². The van der Waals surface area contributed by atoms with Gasteiger partial charge in [0.25, 0.3) is 0 Å². The second-order valence-electron chi connectivity index (χ2n) is 5.41. The van der Waals surface area contributed by atoms with Crippen molar-refractivity contribution in [3.8, 4) is 5.69 Å². The number of nitrogens with one attached hydrogen (secondary N) is 1. The van der Waals surface area contributed by atoms with Crippen molar-refractivity contribution < 1.29 is 4.74 Å². The first-order valence-electron chi connectivity index (χ1n) is 6.92. The van der Waals surface area contributed by atoms with Crippen LogP contribution in [0.4, 0.5) is 0 Å². The Bertz CT molecular complexity index is 548. The van der Waals surface area contributed by atoms with Crippen LogP contribution in [0.2, 0.25) is 0 Å². The van der Waals surface area contributed by atoms with E-state index < -0.39 is 0 Å². The molecule has 20 heavy (non-hydrogen) atoms. The molecule has 0 spiro atoms. The summed E-state index contributed by atoms with van der Waals surface area (Å²) in [6.07, 6.45) is 2.20. The minimum absolute atomic E-state index is 0.00567. The average molecular weight is 273 g/mol. The van der Waals surface area contributed by atoms with Gasteiger partial charge in [-0.25, -0.2) is 0 Å². The number of tetrazole rings is 1. The second-order valence-corrected chi connectivity index (χ2v) is 5.41. The monoisotopic (exact) mass is 273 g/mol. The quantitative estimate of drug-likeness (QED) is 0.910. The largest absolute Gasteiger partial charge is 0.380 e. The van der Waals surface area contributed by atoms with Crippen LogP contribution in [0.5, 0.6) is 0 Å². The Labute approximate surface area is 118 Å². The van der Waals surface area contributed by atoms with E-state index in [4.69, 9.17) is 4.74 Å². The molecule has 106 valence electrons. The molecule has 1 saturated heterocycles. The van der Waals surface area contributed by atoms with Gasteiger partial charge in [0.05, 0.1) is 18.8 Å². The van der Waals surface area contributed by atoms with Crippen molar-refractivity contribution in [2.75, 3.05) is 13.2 Å². The lowest BCUT2D eigenvalue weighted by atomic mass is 9.95. The van der Waals surface area contributed by atoms with Gasteiger partial charge in [0.1, 0.15) is 0 Å². The van der Waals surface area contributed by atoms with Crippen molar-refractivity contribution in [3.05, 3.63) is 36.2 Å². The fraction of sp³-hybridized carbons (Fsp3) is 0.500. The molecule has 1 aliphatic rings. The zero-order chi connectivity index (χ0) is 13.8. The van der Waals surface area contributed by atoms with Gasteiger partial charge in [0, 0.05) is 12.1 Å². The molecule has 0 amide bonds. The van der Waals surface area contributed by atoms with E-state index in [0.29, 0.717) is 6.54 Å². The molecule has 1 N–H and O–H groups in total. The van der Waals surface area contributed by atoms with Crippen LogP contribution in [0.15, 0.2) is 30.3 Å². The van der Waals surface area contributed by atoms with E-state index in [1.807, 2.05) is 30.3 Å². The Morgan fingerprint density at radius 3 is 2.95 bits per heavy atom. The molecule has 1 unspecified atom stereocenters. The topological polar surface area (TPSA) is 64.9 Å². The van der Waals surface area contributed by atoms with E-state index in [9.17, 15) is 0 Å². The summed E-state index contributed by atoms with van der Waals surface area (Å²) >= 11 is 0. The van der Waals surface area contributed by atoms with E-state index in [0.717, 1.165) is 37.6 Å². The van der Waals surface area contributed by atoms with Crippen molar-refractivity contribution in [2.45, 2.75) is 31.8 Å². The molecule has 1 aliphatic heterocycles. The van der Waals surface area contributed by atoms with Crippen LogP contribution < -0.4 is 5.32 Å². The standard InChI is InChI=1S/C14H19N5O/c1-14(8-5-9-20-11-14)15-10-13-16-17-18-19(13)12-6-3-2-4-7-12/h2-4,6-7,15H,5,8-11H2,1H3. The summed E-state index contributed by atoms with van der Waals surface area (Å²) in [5, 5.41) is 15.5. The maximum atomic E-state index is 5.55. The molecule has 1 fully saturated rings. The molecule has 0 saturated carbocycles. The molecular formula is C14H19N5O. The van der Waals surface area contributed by atoms with Gasteiger partial charge >= 0.3 is 0 Å². The summed E-state index contributed by atoms with van der Waals surface area (Å²) in [4.78, 5) is 0. The smallest absolute Gasteiger partial charge is 0.170 e. The maximum absolute atomic E-state index is 5.55. The number of aromatic nitrogens is 4. The molecule has 6 heteroatoms. The minimum atomic E-state index is 0.00567. The number of nitrogens with zero attached hydrogens (tertiary/aromatic N) is 4.